The van der Waals surface area contributed by atoms with E-state index in [1.165, 1.54) is 6.07 Å². The van der Waals surface area contributed by atoms with Crippen LogP contribution in [0.25, 0.3) is 0 Å². The summed E-state index contributed by atoms with van der Waals surface area (Å²) in [5.41, 5.74) is -1.02. The van der Waals surface area contributed by atoms with E-state index < -0.39 is 26.7 Å². The monoisotopic (exact) mass is 370 g/mol. The molecule has 1 N–H and O–H groups in total. The molecule has 1 saturated carbocycles. The van der Waals surface area contributed by atoms with E-state index in [0.29, 0.717) is 0 Å². The van der Waals surface area contributed by atoms with E-state index in [1.807, 2.05) is 0 Å². The molecule has 20 heavy (non-hydrogen) atoms. The maximum absolute atomic E-state index is 13.1. The number of rotatable bonds is 1. The lowest BCUT2D eigenvalue weighted by molar-refractivity contribution is -0.139. The number of sulfonamides is 1. The minimum atomic E-state index is -4.73. The third-order valence-corrected chi connectivity index (χ3v) is 5.26. The molecule has 2 aliphatic rings. The van der Waals surface area contributed by atoms with Crippen molar-refractivity contribution < 1.29 is 21.6 Å². The predicted octanol–water partition coefficient (Wildman–Crippen LogP) is 2.69. The van der Waals surface area contributed by atoms with E-state index >= 15 is 0 Å². The Hall–Kier alpha value is -0.800. The molecule has 0 amide bonds. The van der Waals surface area contributed by atoms with Gasteiger partial charge in [-0.25, -0.2) is 8.42 Å². The average Bonchev–Trinajstić information content (AvgIpc) is 3.10. The minimum absolute atomic E-state index is 0.00769. The van der Waals surface area contributed by atoms with Crippen LogP contribution in [0.1, 0.15) is 18.4 Å². The topological polar surface area (TPSA) is 49.4 Å². The van der Waals surface area contributed by atoms with E-state index in [-0.39, 0.29) is 22.9 Å². The lowest BCUT2D eigenvalue weighted by Gasteiger charge is -2.33. The number of fused-ring (bicyclic) bond motifs is 1. The Bertz CT molecular complexity index is 671. The molecule has 1 heterocycles. The first kappa shape index (κ1) is 14.2. The Balaban J connectivity index is 2.29. The number of anilines is 1. The highest BCUT2D eigenvalue weighted by molar-refractivity contribution is 9.10. The molecule has 1 aromatic carbocycles. The zero-order valence-corrected chi connectivity index (χ0v) is 12.4. The second kappa shape index (κ2) is 4.35. The van der Waals surface area contributed by atoms with Gasteiger partial charge in [-0.3, -0.25) is 0 Å². The first-order valence-electron chi connectivity index (χ1n) is 5.87. The summed E-state index contributed by atoms with van der Waals surface area (Å²) in [7, 11) is -4.14. The molecule has 1 aromatic rings. The van der Waals surface area contributed by atoms with Crippen LogP contribution in [-0.2, 0) is 16.2 Å². The fourth-order valence-corrected chi connectivity index (χ4v) is 4.12. The summed E-state index contributed by atoms with van der Waals surface area (Å²) in [5, 5.41) is 0. The fourth-order valence-electron chi connectivity index (χ4n) is 2.31. The smallest absolute Gasteiger partial charge is 0.354 e. The van der Waals surface area contributed by atoms with Crippen molar-refractivity contribution in [2.45, 2.75) is 30.0 Å². The number of hydrogen-bond acceptors (Lipinski definition) is 3. The first-order valence-corrected chi connectivity index (χ1v) is 8.15. The van der Waals surface area contributed by atoms with Crippen LogP contribution in [0.3, 0.4) is 0 Å². The third kappa shape index (κ3) is 2.31. The lowest BCUT2D eigenvalue weighted by atomic mass is 10.1. The summed E-state index contributed by atoms with van der Waals surface area (Å²) < 4.78 is 65.7. The van der Waals surface area contributed by atoms with Crippen LogP contribution in [0.15, 0.2) is 21.5 Å². The second-order valence-electron chi connectivity index (χ2n) is 4.81. The lowest BCUT2D eigenvalue weighted by Crippen LogP contribution is -2.45. The molecular weight excluding hydrogens is 361 g/mol. The number of halogens is 4. The molecule has 1 aliphatic heterocycles. The Labute approximate surface area is 122 Å². The van der Waals surface area contributed by atoms with E-state index in [2.05, 4.69) is 20.7 Å². The Morgan fingerprint density at radius 2 is 1.95 bits per heavy atom. The van der Waals surface area contributed by atoms with Gasteiger partial charge >= 0.3 is 6.18 Å². The largest absolute Gasteiger partial charge is 0.417 e. The van der Waals surface area contributed by atoms with Gasteiger partial charge in [-0.1, -0.05) is 15.9 Å². The standard InChI is InChI=1S/C11H10BrF3N2O2S/c12-6-3-8(11(13,14)15)10-9(4-6)17(7-1-2-7)5-16-20(10,18)19/h3-4,7,16H,1-2,5H2. The molecule has 1 fully saturated rings. The van der Waals surface area contributed by atoms with Gasteiger partial charge in [-0.2, -0.15) is 17.9 Å². The maximum atomic E-state index is 13.1. The molecule has 0 aromatic heterocycles. The van der Waals surface area contributed by atoms with Crippen LogP contribution < -0.4 is 9.62 Å². The van der Waals surface area contributed by atoms with Crippen LogP contribution in [0.4, 0.5) is 18.9 Å². The highest BCUT2D eigenvalue weighted by Crippen LogP contribution is 2.45. The molecule has 3 rings (SSSR count). The van der Waals surface area contributed by atoms with Crippen LogP contribution >= 0.6 is 15.9 Å². The average molecular weight is 371 g/mol. The zero-order valence-electron chi connectivity index (χ0n) is 10.0. The molecule has 0 unspecified atom stereocenters. The number of nitrogens with zero attached hydrogens (tertiary/aromatic N) is 1. The van der Waals surface area contributed by atoms with Crippen molar-refractivity contribution in [3.8, 4) is 0 Å². The molecule has 0 saturated heterocycles. The quantitative estimate of drug-likeness (QED) is 0.826. The Kier molecular flexibility index (Phi) is 3.07. The highest BCUT2D eigenvalue weighted by atomic mass is 79.9. The molecule has 9 heteroatoms. The van der Waals surface area contributed by atoms with Gasteiger partial charge in [0, 0.05) is 10.5 Å². The van der Waals surface area contributed by atoms with E-state index in [0.717, 1.165) is 18.9 Å². The van der Waals surface area contributed by atoms with Gasteiger partial charge in [0.25, 0.3) is 0 Å². The minimum Gasteiger partial charge on any atom is -0.354 e. The number of hydrogen-bond donors (Lipinski definition) is 1. The van der Waals surface area contributed by atoms with Gasteiger partial charge in [-0.05, 0) is 25.0 Å². The third-order valence-electron chi connectivity index (χ3n) is 3.33. The first-order chi connectivity index (χ1) is 9.20. The summed E-state index contributed by atoms with van der Waals surface area (Å²) in [6.45, 7) is 0.00769. The number of alkyl halides is 3. The zero-order chi connectivity index (χ0) is 14.7. The molecule has 0 radical (unpaired) electrons. The summed E-state index contributed by atoms with van der Waals surface area (Å²) in [4.78, 5) is 1.00. The summed E-state index contributed by atoms with van der Waals surface area (Å²) in [6.07, 6.45) is -3.01. The van der Waals surface area contributed by atoms with Crippen LogP contribution in [0, 0.1) is 0 Å². The normalized spacial score (nSPS) is 21.7. The van der Waals surface area contributed by atoms with Gasteiger partial charge in [0.2, 0.25) is 10.0 Å². The van der Waals surface area contributed by atoms with Crippen molar-refractivity contribution in [3.05, 3.63) is 22.2 Å². The SMILES string of the molecule is O=S1(=O)NCN(C2CC2)c2cc(Br)cc(C(F)(F)F)c21. The van der Waals surface area contributed by atoms with Crippen molar-refractivity contribution in [2.75, 3.05) is 11.6 Å². The van der Waals surface area contributed by atoms with E-state index in [9.17, 15) is 21.6 Å². The molecule has 0 spiro atoms. The van der Waals surface area contributed by atoms with E-state index in [1.54, 1.807) is 4.90 Å². The Morgan fingerprint density at radius 1 is 1.30 bits per heavy atom. The van der Waals surface area contributed by atoms with Gasteiger partial charge in [0.05, 0.1) is 17.9 Å². The summed E-state index contributed by atoms with van der Waals surface area (Å²) in [5.74, 6) is 0. The maximum Gasteiger partial charge on any atom is 0.417 e. The van der Waals surface area contributed by atoms with Gasteiger partial charge in [-0.15, -0.1) is 0 Å². The van der Waals surface area contributed by atoms with Crippen LogP contribution in [0.5, 0.6) is 0 Å². The van der Waals surface area contributed by atoms with E-state index in [4.69, 9.17) is 0 Å². The highest BCUT2D eigenvalue weighted by Gasteiger charge is 2.44. The number of benzene rings is 1. The summed E-state index contributed by atoms with van der Waals surface area (Å²) in [6, 6.07) is 2.34. The molecule has 110 valence electrons. The van der Waals surface area contributed by atoms with Gasteiger partial charge in [0.15, 0.2) is 0 Å². The van der Waals surface area contributed by atoms with Gasteiger partial charge < -0.3 is 4.90 Å². The van der Waals surface area contributed by atoms with Crippen molar-refractivity contribution in [1.82, 2.24) is 4.72 Å². The van der Waals surface area contributed by atoms with Gasteiger partial charge in [0.1, 0.15) is 4.90 Å². The van der Waals surface area contributed by atoms with Crippen LogP contribution in [0.2, 0.25) is 0 Å². The molecule has 0 bridgehead atoms. The summed E-state index contributed by atoms with van der Waals surface area (Å²) >= 11 is 3.03. The molecule has 4 nitrogen and oxygen atoms in total. The fraction of sp³-hybridized carbons (Fsp3) is 0.455. The van der Waals surface area contributed by atoms with Crippen molar-refractivity contribution in [1.29, 1.82) is 0 Å². The van der Waals surface area contributed by atoms with Crippen LogP contribution in [-0.4, -0.2) is 21.1 Å². The Morgan fingerprint density at radius 3 is 2.50 bits per heavy atom. The molecule has 0 atom stereocenters. The van der Waals surface area contributed by atoms with Crippen molar-refractivity contribution in [2.24, 2.45) is 0 Å². The number of nitrogens with one attached hydrogen (secondary N) is 1. The second-order valence-corrected chi connectivity index (χ2v) is 7.43. The van der Waals surface area contributed by atoms with Crippen molar-refractivity contribution >= 4 is 31.6 Å². The molecule has 1 aliphatic carbocycles. The van der Waals surface area contributed by atoms with Crippen molar-refractivity contribution in [3.63, 3.8) is 0 Å². The molecular formula is C11H10BrF3N2O2S. The predicted molar refractivity (Wildman–Crippen MR) is 69.8 cm³/mol.